The van der Waals surface area contributed by atoms with Crippen molar-refractivity contribution in [1.29, 1.82) is 0 Å². The van der Waals surface area contributed by atoms with Gasteiger partial charge in [0.1, 0.15) is 17.0 Å². The maximum atomic E-state index is 15.0. The summed E-state index contributed by atoms with van der Waals surface area (Å²) in [6.45, 7) is 8.66. The van der Waals surface area contributed by atoms with Crippen LogP contribution < -0.4 is 15.0 Å². The second kappa shape index (κ2) is 9.34. The Morgan fingerprint density at radius 1 is 1.15 bits per heavy atom. The Morgan fingerprint density at radius 3 is 2.74 bits per heavy atom. The van der Waals surface area contributed by atoms with Crippen LogP contribution in [0.25, 0.3) is 16.6 Å². The lowest BCUT2D eigenvalue weighted by Crippen LogP contribution is -2.32. The summed E-state index contributed by atoms with van der Waals surface area (Å²) in [6.07, 6.45) is 4.61. The number of aryl methyl sites for hydroxylation is 2. The van der Waals surface area contributed by atoms with E-state index in [-0.39, 0.29) is 5.82 Å². The van der Waals surface area contributed by atoms with E-state index in [0.717, 1.165) is 54.2 Å². The van der Waals surface area contributed by atoms with E-state index in [9.17, 15) is 4.39 Å². The van der Waals surface area contributed by atoms with Gasteiger partial charge in [0.2, 0.25) is 0 Å². The molecule has 0 radical (unpaired) electrons. The zero-order valence-electron chi connectivity index (χ0n) is 19.6. The fourth-order valence-corrected chi connectivity index (χ4v) is 4.56. The van der Waals surface area contributed by atoms with Crippen LogP contribution >= 0.6 is 0 Å². The van der Waals surface area contributed by atoms with Gasteiger partial charge < -0.3 is 15.0 Å². The molecule has 0 saturated carbocycles. The first kappa shape index (κ1) is 22.2. The number of hydrogen-bond donors (Lipinski definition) is 1. The van der Waals surface area contributed by atoms with E-state index >= 15 is 0 Å². The molecule has 176 valence electrons. The molecule has 0 amide bonds. The van der Waals surface area contributed by atoms with Crippen molar-refractivity contribution < 1.29 is 9.13 Å². The fraction of sp³-hybridized carbons (Fsp3) is 0.360. The minimum absolute atomic E-state index is 0.332. The number of rotatable bonds is 7. The molecule has 4 heterocycles. The van der Waals surface area contributed by atoms with Crippen molar-refractivity contribution in [3.05, 3.63) is 65.5 Å². The van der Waals surface area contributed by atoms with Crippen LogP contribution in [0.4, 0.5) is 10.2 Å². The van der Waals surface area contributed by atoms with Gasteiger partial charge in [-0.25, -0.2) is 9.07 Å². The van der Waals surface area contributed by atoms with Crippen molar-refractivity contribution in [2.45, 2.75) is 39.8 Å². The Labute approximate surface area is 197 Å². The molecule has 4 aromatic rings. The predicted molar refractivity (Wildman–Crippen MR) is 129 cm³/mol. The number of fused-ring (bicyclic) bond motifs is 1. The van der Waals surface area contributed by atoms with Gasteiger partial charge in [-0.15, -0.1) is 5.10 Å². The van der Waals surface area contributed by atoms with Crippen LogP contribution in [0.5, 0.6) is 5.75 Å². The summed E-state index contributed by atoms with van der Waals surface area (Å²) in [5.41, 5.74) is 3.94. The van der Waals surface area contributed by atoms with E-state index in [4.69, 9.17) is 9.84 Å². The number of pyridine rings is 1. The Balaban J connectivity index is 1.43. The minimum Gasteiger partial charge on any atom is -0.494 e. The zero-order chi connectivity index (χ0) is 23.7. The predicted octanol–water partition coefficient (Wildman–Crippen LogP) is 3.73. The number of anilines is 1. The Hall–Kier alpha value is -3.59. The maximum absolute atomic E-state index is 15.0. The molecule has 1 fully saturated rings. The standard InChI is InChI=1S/C25H28FN7O/c1-4-34-20-5-6-22(21(26)13-20)33-17(3)23-16(2)29-30-25(24(23)31-33)32-12-9-19(15-32)28-14-18-7-10-27-11-8-18/h5-8,10-11,13,19,28H,4,9,12,14-15H2,1-3H3. The summed E-state index contributed by atoms with van der Waals surface area (Å²) in [5.74, 6) is 0.853. The number of ether oxygens (including phenoxy) is 1. The van der Waals surface area contributed by atoms with Crippen molar-refractivity contribution in [2.75, 3.05) is 24.6 Å². The summed E-state index contributed by atoms with van der Waals surface area (Å²) >= 11 is 0. The second-order valence-electron chi connectivity index (χ2n) is 8.54. The monoisotopic (exact) mass is 461 g/mol. The molecule has 1 aliphatic heterocycles. The van der Waals surface area contributed by atoms with Gasteiger partial charge in [-0.2, -0.15) is 10.2 Å². The number of aromatic nitrogens is 5. The van der Waals surface area contributed by atoms with Gasteiger partial charge >= 0.3 is 0 Å². The van der Waals surface area contributed by atoms with Crippen molar-refractivity contribution in [2.24, 2.45) is 0 Å². The first-order valence-corrected chi connectivity index (χ1v) is 11.6. The normalized spacial score (nSPS) is 15.9. The van der Waals surface area contributed by atoms with Gasteiger partial charge in [-0.3, -0.25) is 4.98 Å². The molecule has 1 aliphatic rings. The second-order valence-corrected chi connectivity index (χ2v) is 8.54. The summed E-state index contributed by atoms with van der Waals surface area (Å²) in [5, 5.41) is 18.2. The summed E-state index contributed by atoms with van der Waals surface area (Å²) in [4.78, 5) is 6.28. The van der Waals surface area contributed by atoms with Crippen LogP contribution in [0, 0.1) is 19.7 Å². The molecule has 1 aromatic carbocycles. The Morgan fingerprint density at radius 2 is 1.97 bits per heavy atom. The largest absolute Gasteiger partial charge is 0.494 e. The minimum atomic E-state index is -0.386. The molecular weight excluding hydrogens is 433 g/mol. The maximum Gasteiger partial charge on any atom is 0.179 e. The third kappa shape index (κ3) is 4.19. The van der Waals surface area contributed by atoms with Crippen LogP contribution in [-0.4, -0.2) is 50.7 Å². The quantitative estimate of drug-likeness (QED) is 0.449. The van der Waals surface area contributed by atoms with E-state index in [1.165, 1.54) is 11.6 Å². The average molecular weight is 462 g/mol. The number of nitrogens with zero attached hydrogens (tertiary/aromatic N) is 6. The third-order valence-corrected chi connectivity index (χ3v) is 6.27. The van der Waals surface area contributed by atoms with Gasteiger partial charge in [0, 0.05) is 44.1 Å². The Kier molecular flexibility index (Phi) is 6.10. The average Bonchev–Trinajstić information content (AvgIpc) is 3.44. The lowest BCUT2D eigenvalue weighted by Gasteiger charge is -2.18. The van der Waals surface area contributed by atoms with Crippen LogP contribution in [0.3, 0.4) is 0 Å². The molecule has 0 bridgehead atoms. The number of halogens is 1. The van der Waals surface area contributed by atoms with Crippen LogP contribution in [-0.2, 0) is 6.54 Å². The lowest BCUT2D eigenvalue weighted by atomic mass is 10.2. The molecular formula is C25H28FN7O. The van der Waals surface area contributed by atoms with E-state index < -0.39 is 0 Å². The molecule has 1 N–H and O–H groups in total. The summed E-state index contributed by atoms with van der Waals surface area (Å²) in [7, 11) is 0. The van der Waals surface area contributed by atoms with E-state index in [1.54, 1.807) is 16.8 Å². The van der Waals surface area contributed by atoms with E-state index in [1.807, 2.05) is 45.3 Å². The molecule has 3 aromatic heterocycles. The molecule has 5 rings (SSSR count). The summed E-state index contributed by atoms with van der Waals surface area (Å²) < 4.78 is 22.0. The van der Waals surface area contributed by atoms with Gasteiger partial charge in [-0.05, 0) is 57.0 Å². The number of nitrogens with one attached hydrogen (secondary N) is 1. The highest BCUT2D eigenvalue weighted by Gasteiger charge is 2.27. The van der Waals surface area contributed by atoms with Gasteiger partial charge in [0.05, 0.1) is 23.4 Å². The van der Waals surface area contributed by atoms with E-state index in [2.05, 4.69) is 25.4 Å². The molecule has 9 heteroatoms. The molecule has 34 heavy (non-hydrogen) atoms. The van der Waals surface area contributed by atoms with Crippen molar-refractivity contribution in [1.82, 2.24) is 30.3 Å². The van der Waals surface area contributed by atoms with Gasteiger partial charge in [0.25, 0.3) is 0 Å². The smallest absolute Gasteiger partial charge is 0.179 e. The summed E-state index contributed by atoms with van der Waals surface area (Å²) in [6, 6.07) is 9.22. The zero-order valence-corrected chi connectivity index (χ0v) is 19.6. The topological polar surface area (TPSA) is 81.0 Å². The first-order chi connectivity index (χ1) is 16.5. The van der Waals surface area contributed by atoms with Crippen molar-refractivity contribution in [3.63, 3.8) is 0 Å². The molecule has 1 unspecified atom stereocenters. The Bertz CT molecular complexity index is 1310. The highest BCUT2D eigenvalue weighted by Crippen LogP contribution is 2.32. The molecule has 1 saturated heterocycles. The molecule has 1 atom stereocenters. The number of benzene rings is 1. The van der Waals surface area contributed by atoms with Gasteiger partial charge in [-0.1, -0.05) is 0 Å². The number of hydrogen-bond acceptors (Lipinski definition) is 7. The molecule has 0 aliphatic carbocycles. The molecule has 8 nitrogen and oxygen atoms in total. The third-order valence-electron chi connectivity index (χ3n) is 6.27. The SMILES string of the molecule is CCOc1ccc(-n2nc3c(N4CCC(NCc5ccncc5)C4)nnc(C)c3c2C)c(F)c1. The van der Waals surface area contributed by atoms with Crippen molar-refractivity contribution >= 4 is 16.7 Å². The van der Waals surface area contributed by atoms with Crippen molar-refractivity contribution in [3.8, 4) is 11.4 Å². The van der Waals surface area contributed by atoms with Crippen LogP contribution in [0.2, 0.25) is 0 Å². The fourth-order valence-electron chi connectivity index (χ4n) is 4.56. The highest BCUT2D eigenvalue weighted by atomic mass is 19.1. The van der Waals surface area contributed by atoms with Crippen LogP contribution in [0.15, 0.2) is 42.7 Å². The van der Waals surface area contributed by atoms with E-state index in [0.29, 0.717) is 24.1 Å². The highest BCUT2D eigenvalue weighted by molar-refractivity contribution is 5.92. The molecule has 0 spiro atoms. The van der Waals surface area contributed by atoms with Gasteiger partial charge in [0.15, 0.2) is 11.6 Å². The van der Waals surface area contributed by atoms with Crippen LogP contribution in [0.1, 0.15) is 30.3 Å². The first-order valence-electron chi connectivity index (χ1n) is 11.6. The lowest BCUT2D eigenvalue weighted by molar-refractivity contribution is 0.338.